The number of hydrogen-bond donors (Lipinski definition) is 0. The fraction of sp³-hybridized carbons (Fsp3) is 0.786. The summed E-state index contributed by atoms with van der Waals surface area (Å²) in [5, 5.41) is 0. The molecule has 2 rings (SSSR count). The topological polar surface area (TPSA) is 38.8 Å². The van der Waals surface area contributed by atoms with Crippen molar-refractivity contribution in [1.82, 2.24) is 4.90 Å². The molecule has 1 unspecified atom stereocenters. The highest BCUT2D eigenvalue weighted by Gasteiger charge is 2.51. The third-order valence-electron chi connectivity index (χ3n) is 3.41. The summed E-state index contributed by atoms with van der Waals surface area (Å²) in [6, 6.07) is 0. The van der Waals surface area contributed by atoms with Crippen molar-refractivity contribution in [3.8, 4) is 12.3 Å². The van der Waals surface area contributed by atoms with Gasteiger partial charge in [-0.2, -0.15) is 0 Å². The van der Waals surface area contributed by atoms with Gasteiger partial charge < -0.3 is 14.4 Å². The molecular formula is C14H21NO3. The molecule has 0 N–H and O–H groups in total. The molecule has 0 spiro atoms. The van der Waals surface area contributed by atoms with Crippen LogP contribution in [0.25, 0.3) is 0 Å². The van der Waals surface area contributed by atoms with Gasteiger partial charge in [0.05, 0.1) is 24.7 Å². The van der Waals surface area contributed by atoms with Crippen LogP contribution >= 0.6 is 0 Å². The van der Waals surface area contributed by atoms with Gasteiger partial charge in [0, 0.05) is 6.54 Å². The summed E-state index contributed by atoms with van der Waals surface area (Å²) >= 11 is 0. The number of hydrogen-bond acceptors (Lipinski definition) is 3. The highest BCUT2D eigenvalue weighted by molar-refractivity contribution is 5.68. The minimum absolute atomic E-state index is 0.0382. The van der Waals surface area contributed by atoms with E-state index >= 15 is 0 Å². The van der Waals surface area contributed by atoms with Crippen LogP contribution in [-0.2, 0) is 9.47 Å². The molecule has 18 heavy (non-hydrogen) atoms. The molecule has 4 heteroatoms. The quantitative estimate of drug-likeness (QED) is 0.669. The van der Waals surface area contributed by atoms with Gasteiger partial charge in [0.25, 0.3) is 0 Å². The Kier molecular flexibility index (Phi) is 3.29. The molecule has 4 nitrogen and oxygen atoms in total. The van der Waals surface area contributed by atoms with Crippen molar-refractivity contribution in [2.75, 3.05) is 19.7 Å². The molecular weight excluding hydrogens is 230 g/mol. The van der Waals surface area contributed by atoms with Crippen LogP contribution in [0.15, 0.2) is 0 Å². The first-order chi connectivity index (χ1) is 8.36. The maximum absolute atomic E-state index is 12.0. The molecule has 2 aliphatic rings. The van der Waals surface area contributed by atoms with E-state index in [1.54, 1.807) is 4.90 Å². The van der Waals surface area contributed by atoms with E-state index in [1.165, 1.54) is 0 Å². The van der Waals surface area contributed by atoms with Gasteiger partial charge in [-0.15, -0.1) is 6.42 Å². The van der Waals surface area contributed by atoms with Crippen molar-refractivity contribution in [3.63, 3.8) is 0 Å². The highest BCUT2D eigenvalue weighted by atomic mass is 16.6. The second-order valence-corrected chi connectivity index (χ2v) is 6.09. The fourth-order valence-electron chi connectivity index (χ4n) is 2.17. The Morgan fingerprint density at radius 2 is 2.17 bits per heavy atom. The molecule has 1 amide bonds. The van der Waals surface area contributed by atoms with E-state index in [0.29, 0.717) is 19.7 Å². The van der Waals surface area contributed by atoms with E-state index in [4.69, 9.17) is 15.9 Å². The molecule has 0 aromatic carbocycles. The third-order valence-corrected chi connectivity index (χ3v) is 3.41. The maximum Gasteiger partial charge on any atom is 0.410 e. The number of ether oxygens (including phenoxy) is 2. The lowest BCUT2D eigenvalue weighted by molar-refractivity contribution is -0.0597. The molecule has 0 radical (unpaired) electrons. The van der Waals surface area contributed by atoms with Crippen molar-refractivity contribution < 1.29 is 14.3 Å². The average molecular weight is 251 g/mol. The molecule has 0 aromatic rings. The number of carbonyl (C=O) groups is 1. The smallest absolute Gasteiger partial charge is 0.410 e. The van der Waals surface area contributed by atoms with Crippen LogP contribution in [0.3, 0.4) is 0 Å². The van der Waals surface area contributed by atoms with Crippen LogP contribution in [0.2, 0.25) is 0 Å². The lowest BCUT2D eigenvalue weighted by atomic mass is 9.99. The van der Waals surface area contributed by atoms with Crippen LogP contribution in [0.4, 0.5) is 4.79 Å². The van der Waals surface area contributed by atoms with Gasteiger partial charge >= 0.3 is 6.09 Å². The van der Waals surface area contributed by atoms with E-state index in [9.17, 15) is 4.79 Å². The second kappa shape index (κ2) is 4.47. The normalized spacial score (nSPS) is 26.3. The number of morpholine rings is 1. The molecule has 1 saturated heterocycles. The number of rotatable bonds is 1. The third kappa shape index (κ3) is 2.78. The van der Waals surface area contributed by atoms with E-state index < -0.39 is 5.60 Å². The maximum atomic E-state index is 12.0. The first kappa shape index (κ1) is 13.2. The Morgan fingerprint density at radius 1 is 1.50 bits per heavy atom. The first-order valence-corrected chi connectivity index (χ1v) is 6.44. The average Bonchev–Trinajstić information content (AvgIpc) is 3.08. The number of terminal acetylenes is 1. The molecule has 1 aliphatic carbocycles. The summed E-state index contributed by atoms with van der Waals surface area (Å²) in [7, 11) is 0. The van der Waals surface area contributed by atoms with Crippen molar-refractivity contribution in [2.24, 2.45) is 5.41 Å². The molecule has 2 fully saturated rings. The SMILES string of the molecule is C#CC1(C2CN(C(=O)OC(C)(C)C)CCO2)CC1. The van der Waals surface area contributed by atoms with E-state index in [2.05, 4.69) is 5.92 Å². The summed E-state index contributed by atoms with van der Waals surface area (Å²) in [6.07, 6.45) is 7.24. The number of nitrogens with zero attached hydrogens (tertiary/aromatic N) is 1. The minimum Gasteiger partial charge on any atom is -0.444 e. The molecule has 1 heterocycles. The van der Waals surface area contributed by atoms with Crippen LogP contribution in [0, 0.1) is 17.8 Å². The lowest BCUT2D eigenvalue weighted by Crippen LogP contribution is -2.50. The summed E-state index contributed by atoms with van der Waals surface area (Å²) in [5.74, 6) is 2.83. The Bertz CT molecular complexity index is 373. The van der Waals surface area contributed by atoms with Crippen molar-refractivity contribution in [3.05, 3.63) is 0 Å². The van der Waals surface area contributed by atoms with Crippen LogP contribution < -0.4 is 0 Å². The minimum atomic E-state index is -0.464. The van der Waals surface area contributed by atoms with Crippen LogP contribution in [0.1, 0.15) is 33.6 Å². The van der Waals surface area contributed by atoms with Gasteiger partial charge in [-0.05, 0) is 33.6 Å². The summed E-state index contributed by atoms with van der Waals surface area (Å²) in [5.41, 5.74) is -0.602. The van der Waals surface area contributed by atoms with Crippen molar-refractivity contribution in [1.29, 1.82) is 0 Å². The lowest BCUT2D eigenvalue weighted by Gasteiger charge is -2.36. The molecule has 1 atom stereocenters. The largest absolute Gasteiger partial charge is 0.444 e. The number of carbonyl (C=O) groups excluding carboxylic acids is 1. The van der Waals surface area contributed by atoms with E-state index in [-0.39, 0.29) is 17.6 Å². The Morgan fingerprint density at radius 3 is 2.67 bits per heavy atom. The summed E-state index contributed by atoms with van der Waals surface area (Å²) in [4.78, 5) is 13.7. The first-order valence-electron chi connectivity index (χ1n) is 6.44. The fourth-order valence-corrected chi connectivity index (χ4v) is 2.17. The Balaban J connectivity index is 1.95. The summed E-state index contributed by atoms with van der Waals surface area (Å²) in [6.45, 7) is 7.25. The summed E-state index contributed by atoms with van der Waals surface area (Å²) < 4.78 is 11.1. The molecule has 0 aromatic heterocycles. The zero-order valence-corrected chi connectivity index (χ0v) is 11.4. The van der Waals surface area contributed by atoms with Crippen molar-refractivity contribution in [2.45, 2.75) is 45.3 Å². The second-order valence-electron chi connectivity index (χ2n) is 6.09. The predicted octanol–water partition coefficient (Wildman–Crippen LogP) is 2.04. The number of amides is 1. The monoisotopic (exact) mass is 251 g/mol. The molecule has 1 aliphatic heterocycles. The molecule has 100 valence electrons. The van der Waals surface area contributed by atoms with Gasteiger partial charge in [0.1, 0.15) is 5.60 Å². The van der Waals surface area contributed by atoms with E-state index in [1.807, 2.05) is 20.8 Å². The zero-order valence-electron chi connectivity index (χ0n) is 11.4. The van der Waals surface area contributed by atoms with Gasteiger partial charge in [-0.1, -0.05) is 5.92 Å². The van der Waals surface area contributed by atoms with Gasteiger partial charge in [-0.25, -0.2) is 4.79 Å². The Hall–Kier alpha value is -1.21. The zero-order chi connectivity index (χ0) is 13.4. The van der Waals surface area contributed by atoms with Crippen LogP contribution in [-0.4, -0.2) is 42.4 Å². The van der Waals surface area contributed by atoms with E-state index in [0.717, 1.165) is 12.8 Å². The Labute approximate surface area is 109 Å². The van der Waals surface area contributed by atoms with Gasteiger partial charge in [-0.3, -0.25) is 0 Å². The van der Waals surface area contributed by atoms with Crippen LogP contribution in [0.5, 0.6) is 0 Å². The highest BCUT2D eigenvalue weighted by Crippen LogP contribution is 2.50. The predicted molar refractivity (Wildman–Crippen MR) is 68.0 cm³/mol. The van der Waals surface area contributed by atoms with Gasteiger partial charge in [0.15, 0.2) is 0 Å². The molecule has 1 saturated carbocycles. The molecule has 0 bridgehead atoms. The van der Waals surface area contributed by atoms with Crippen molar-refractivity contribution >= 4 is 6.09 Å². The van der Waals surface area contributed by atoms with Gasteiger partial charge in [0.2, 0.25) is 0 Å². The standard InChI is InChI=1S/C14H21NO3/c1-5-14(6-7-14)11-10-15(8-9-17-11)12(16)18-13(2,3)4/h1,11H,6-10H2,2-4H3.